The van der Waals surface area contributed by atoms with E-state index in [1.54, 1.807) is 0 Å². The van der Waals surface area contributed by atoms with Gasteiger partial charge in [-0.3, -0.25) is 4.98 Å². The predicted molar refractivity (Wildman–Crippen MR) is 212 cm³/mol. The van der Waals surface area contributed by atoms with Gasteiger partial charge >= 0.3 is 20.4 Å². The van der Waals surface area contributed by atoms with E-state index in [9.17, 15) is 0 Å². The molecule has 0 N–H and O–H groups in total. The van der Waals surface area contributed by atoms with Gasteiger partial charge in [-0.1, -0.05) is 103 Å². The SMILES string of the molecule is Cn1c(-c2[c-]c(Cc3[c-]c4c(c5c3N(c3ccccc3)c3ccccc3C5(C)C)c3ccccc3n4-c3ccccn3)ccc2)nc2ccccc21.[Pd+2]. The van der Waals surface area contributed by atoms with Crippen LogP contribution in [0.4, 0.5) is 17.1 Å². The van der Waals surface area contributed by atoms with Crippen molar-refractivity contribution >= 4 is 49.9 Å². The van der Waals surface area contributed by atoms with Crippen molar-refractivity contribution in [3.8, 4) is 17.2 Å². The molecule has 1 aliphatic heterocycles. The molecule has 0 bridgehead atoms. The Labute approximate surface area is 322 Å². The summed E-state index contributed by atoms with van der Waals surface area (Å²) in [5.41, 5.74) is 13.1. The fraction of sp³-hybridized carbons (Fsp3) is 0.106. The summed E-state index contributed by atoms with van der Waals surface area (Å²) < 4.78 is 4.45. The molecule has 0 amide bonds. The van der Waals surface area contributed by atoms with E-state index in [1.807, 2.05) is 18.3 Å². The number of nitrogens with zero attached hydrogens (tertiary/aromatic N) is 5. The first-order valence-electron chi connectivity index (χ1n) is 17.8. The number of aromatic nitrogens is 4. The maximum atomic E-state index is 5.01. The molecule has 0 spiro atoms. The molecule has 4 heterocycles. The van der Waals surface area contributed by atoms with Gasteiger partial charge in [-0.15, -0.1) is 46.5 Å². The Balaban J connectivity index is 0.00000372. The minimum Gasteiger partial charge on any atom is -0.367 e. The quantitative estimate of drug-likeness (QED) is 0.129. The van der Waals surface area contributed by atoms with E-state index in [4.69, 9.17) is 9.97 Å². The number of aryl methyl sites for hydroxylation is 1. The van der Waals surface area contributed by atoms with Crippen LogP contribution in [0.25, 0.3) is 50.0 Å². The first kappa shape index (κ1) is 33.1. The van der Waals surface area contributed by atoms with Gasteiger partial charge in [-0.2, -0.15) is 6.07 Å². The van der Waals surface area contributed by atoms with Crippen LogP contribution in [-0.2, 0) is 39.3 Å². The third kappa shape index (κ3) is 5.09. The Hall–Kier alpha value is -5.80. The summed E-state index contributed by atoms with van der Waals surface area (Å²) in [5, 5.41) is 2.40. The van der Waals surface area contributed by atoms with Crippen LogP contribution in [0.5, 0.6) is 0 Å². The van der Waals surface area contributed by atoms with Crippen LogP contribution in [0, 0.1) is 12.1 Å². The van der Waals surface area contributed by atoms with E-state index >= 15 is 0 Å². The first-order valence-corrected chi connectivity index (χ1v) is 17.8. The summed E-state index contributed by atoms with van der Waals surface area (Å²) in [6.45, 7) is 4.75. The van der Waals surface area contributed by atoms with E-state index in [0.29, 0.717) is 6.42 Å². The van der Waals surface area contributed by atoms with E-state index in [-0.39, 0.29) is 25.8 Å². The molecule has 10 rings (SSSR count). The maximum absolute atomic E-state index is 5.01. The van der Waals surface area contributed by atoms with Gasteiger partial charge in [0, 0.05) is 30.1 Å². The van der Waals surface area contributed by atoms with Crippen LogP contribution in [0.15, 0.2) is 146 Å². The largest absolute Gasteiger partial charge is 2.00 e. The molecule has 0 radical (unpaired) electrons. The molecule has 0 saturated carbocycles. The normalized spacial score (nSPS) is 13.2. The van der Waals surface area contributed by atoms with Gasteiger partial charge in [-0.25, -0.2) is 4.98 Å². The number of rotatable bonds is 5. The molecule has 0 fully saturated rings. The Bertz CT molecular complexity index is 2820. The van der Waals surface area contributed by atoms with Gasteiger partial charge in [0.05, 0.1) is 16.9 Å². The number of para-hydroxylation sites is 5. The topological polar surface area (TPSA) is 38.9 Å². The van der Waals surface area contributed by atoms with Gasteiger partial charge in [-0.05, 0) is 71.3 Å². The number of fused-ring (bicyclic) bond motifs is 7. The number of imidazole rings is 1. The number of pyridine rings is 1. The second-order valence-corrected chi connectivity index (χ2v) is 14.2. The van der Waals surface area contributed by atoms with Gasteiger partial charge in [0.2, 0.25) is 0 Å². The van der Waals surface area contributed by atoms with Crippen LogP contribution < -0.4 is 4.90 Å². The summed E-state index contributed by atoms with van der Waals surface area (Å²) in [6, 6.07) is 57.0. The Morgan fingerprint density at radius 3 is 2.25 bits per heavy atom. The molecule has 6 aromatic carbocycles. The summed E-state index contributed by atoms with van der Waals surface area (Å²) in [4.78, 5) is 12.3. The van der Waals surface area contributed by atoms with E-state index in [2.05, 4.69) is 174 Å². The second-order valence-electron chi connectivity index (χ2n) is 14.2. The summed E-state index contributed by atoms with van der Waals surface area (Å²) in [6.07, 6.45) is 2.50. The maximum Gasteiger partial charge on any atom is 2.00 e. The van der Waals surface area contributed by atoms with Crippen molar-refractivity contribution in [3.05, 3.63) is 180 Å². The fourth-order valence-corrected chi connectivity index (χ4v) is 8.41. The molecule has 1 aliphatic rings. The van der Waals surface area contributed by atoms with Crippen LogP contribution >= 0.6 is 0 Å². The second kappa shape index (κ2) is 12.7. The van der Waals surface area contributed by atoms with Crippen LogP contribution in [-0.4, -0.2) is 19.1 Å². The zero-order valence-electron chi connectivity index (χ0n) is 29.6. The number of anilines is 3. The zero-order valence-corrected chi connectivity index (χ0v) is 31.2. The summed E-state index contributed by atoms with van der Waals surface area (Å²) >= 11 is 0. The number of hydrogen-bond donors (Lipinski definition) is 0. The van der Waals surface area contributed by atoms with Crippen molar-refractivity contribution in [2.24, 2.45) is 7.05 Å². The van der Waals surface area contributed by atoms with Gasteiger partial charge in [0.1, 0.15) is 5.82 Å². The van der Waals surface area contributed by atoms with E-state index in [0.717, 1.165) is 56.1 Å². The van der Waals surface area contributed by atoms with Crippen LogP contribution in [0.2, 0.25) is 0 Å². The predicted octanol–water partition coefficient (Wildman–Crippen LogP) is 11.0. The van der Waals surface area contributed by atoms with Gasteiger partial charge in [0.15, 0.2) is 0 Å². The van der Waals surface area contributed by atoms with Crippen molar-refractivity contribution < 1.29 is 20.4 Å². The molecule has 0 unspecified atom stereocenters. The monoisotopic (exact) mass is 775 g/mol. The Morgan fingerprint density at radius 1 is 0.698 bits per heavy atom. The van der Waals surface area contributed by atoms with Crippen LogP contribution in [0.3, 0.4) is 0 Å². The van der Waals surface area contributed by atoms with Crippen molar-refractivity contribution in [1.82, 2.24) is 19.1 Å². The average Bonchev–Trinajstić information content (AvgIpc) is 3.70. The third-order valence-corrected chi connectivity index (χ3v) is 10.7. The van der Waals surface area contributed by atoms with Gasteiger partial charge in [0.25, 0.3) is 0 Å². The Kier molecular flexibility index (Phi) is 7.93. The van der Waals surface area contributed by atoms with Crippen LogP contribution in [0.1, 0.15) is 36.1 Å². The smallest absolute Gasteiger partial charge is 0.367 e. The summed E-state index contributed by atoms with van der Waals surface area (Å²) in [7, 11) is 2.08. The molecule has 0 saturated heterocycles. The molecule has 53 heavy (non-hydrogen) atoms. The molecular formula is C47H35N5Pd. The number of hydrogen-bond acceptors (Lipinski definition) is 3. The van der Waals surface area contributed by atoms with Crippen molar-refractivity contribution in [2.75, 3.05) is 4.90 Å². The molecule has 5 nitrogen and oxygen atoms in total. The molecule has 258 valence electrons. The Morgan fingerprint density at radius 2 is 1.43 bits per heavy atom. The molecule has 3 aromatic heterocycles. The summed E-state index contributed by atoms with van der Waals surface area (Å²) in [5.74, 6) is 1.78. The minimum atomic E-state index is -0.336. The average molecular weight is 776 g/mol. The van der Waals surface area contributed by atoms with E-state index in [1.165, 1.54) is 33.3 Å². The first-order chi connectivity index (χ1) is 25.5. The molecular weight excluding hydrogens is 741 g/mol. The molecule has 0 aliphatic carbocycles. The minimum absolute atomic E-state index is 0. The van der Waals surface area contributed by atoms with Gasteiger partial charge < -0.3 is 14.0 Å². The molecule has 9 aromatic rings. The molecule has 6 heteroatoms. The standard InChI is InChI=1S/C47H35N5.Pd/c1-47(2)36-21-8-11-24-39(36)51(34-18-5-4-6-19-34)45-33(29-31-16-15-17-32(28-31)46-49-37-22-9-12-25-40(37)50(46)3)30-41-43(44(45)47)35-20-7-10-23-38(35)52(41)42-26-13-14-27-48-42;/h4-27H,29H2,1-3H3;/q-2;+2. The molecule has 0 atom stereocenters. The van der Waals surface area contributed by atoms with Crippen molar-refractivity contribution in [3.63, 3.8) is 0 Å². The third-order valence-electron chi connectivity index (χ3n) is 10.7. The fourth-order valence-electron chi connectivity index (χ4n) is 8.41. The zero-order chi connectivity index (χ0) is 35.0. The number of benzene rings is 6. The van der Waals surface area contributed by atoms with Crippen molar-refractivity contribution in [2.45, 2.75) is 25.7 Å². The van der Waals surface area contributed by atoms with Crippen molar-refractivity contribution in [1.29, 1.82) is 0 Å². The van der Waals surface area contributed by atoms with E-state index < -0.39 is 0 Å².